The summed E-state index contributed by atoms with van der Waals surface area (Å²) in [6.07, 6.45) is 8.97. The smallest absolute Gasteiger partial charge is 0.267 e. The van der Waals surface area contributed by atoms with Gasteiger partial charge in [0.15, 0.2) is 0 Å². The Morgan fingerprint density at radius 1 is 1.04 bits per heavy atom. The second kappa shape index (κ2) is 10.1. The third kappa shape index (κ3) is 7.72. The van der Waals surface area contributed by atoms with E-state index in [1.165, 1.54) is 49.7 Å². The van der Waals surface area contributed by atoms with Crippen molar-refractivity contribution in [3.05, 3.63) is 35.4 Å². The Hall–Kier alpha value is 0.837. The van der Waals surface area contributed by atoms with E-state index in [2.05, 4.69) is 77.1 Å². The Morgan fingerprint density at radius 3 is 2.26 bits per heavy atom. The molecule has 2 rings (SSSR count). The molecule has 1 aliphatic carbocycles. The van der Waals surface area contributed by atoms with E-state index in [-0.39, 0.29) is 0 Å². The van der Waals surface area contributed by atoms with E-state index in [1.54, 1.807) is 0 Å². The van der Waals surface area contributed by atoms with Gasteiger partial charge in [-0.2, -0.15) is 0 Å². The minimum absolute atomic E-state index is 0.475. The molecule has 1 aliphatic rings. The van der Waals surface area contributed by atoms with Crippen molar-refractivity contribution < 1.29 is 4.74 Å². The standard InChI is InChI=1S/C18H27Br3OSi/c1-2-4-15-5-7-16(8-6-15)17-9-11-18(12-10-17)22-13-3-14-23(19,20)21/h5-8,17-18H,2-4,9-14H2,1H3/t17-,18-. The van der Waals surface area contributed by atoms with Crippen LogP contribution < -0.4 is 0 Å². The zero-order valence-corrected chi connectivity index (χ0v) is 19.6. The number of halogens is 3. The van der Waals surface area contributed by atoms with Crippen LogP contribution in [0.25, 0.3) is 0 Å². The summed E-state index contributed by atoms with van der Waals surface area (Å²) < 4.78 is 4.62. The van der Waals surface area contributed by atoms with Crippen LogP contribution in [0.3, 0.4) is 0 Å². The van der Waals surface area contributed by atoms with Crippen molar-refractivity contribution in [3.8, 4) is 0 Å². The van der Waals surface area contributed by atoms with Gasteiger partial charge in [-0.15, -0.1) is 0 Å². The third-order valence-corrected chi connectivity index (χ3v) is 9.11. The molecule has 23 heavy (non-hydrogen) atoms. The van der Waals surface area contributed by atoms with Gasteiger partial charge >= 0.3 is 0 Å². The molecular weight excluding hydrogens is 500 g/mol. The quantitative estimate of drug-likeness (QED) is 0.198. The lowest BCUT2D eigenvalue weighted by Gasteiger charge is -2.29. The molecule has 130 valence electrons. The predicted octanol–water partition coefficient (Wildman–Crippen LogP) is 7.20. The van der Waals surface area contributed by atoms with Crippen molar-refractivity contribution >= 4 is 49.8 Å². The summed E-state index contributed by atoms with van der Waals surface area (Å²) in [5.41, 5.74) is 3.00. The fourth-order valence-corrected chi connectivity index (χ4v) is 6.40. The van der Waals surface area contributed by atoms with Gasteiger partial charge < -0.3 is 4.74 Å². The van der Waals surface area contributed by atoms with Crippen LogP contribution >= 0.6 is 45.9 Å². The van der Waals surface area contributed by atoms with Crippen molar-refractivity contribution in [2.24, 2.45) is 0 Å². The monoisotopic (exact) mass is 524 g/mol. The van der Waals surface area contributed by atoms with Crippen LogP contribution in [0.4, 0.5) is 0 Å². The molecule has 0 amide bonds. The van der Waals surface area contributed by atoms with Crippen molar-refractivity contribution in [2.75, 3.05) is 6.61 Å². The summed E-state index contributed by atoms with van der Waals surface area (Å²) >= 11 is 11.0. The summed E-state index contributed by atoms with van der Waals surface area (Å²) in [7, 11) is 0. The zero-order valence-electron chi connectivity index (χ0n) is 13.9. The van der Waals surface area contributed by atoms with Gasteiger partial charge in [0.1, 0.15) is 0 Å². The Morgan fingerprint density at radius 2 is 1.70 bits per heavy atom. The molecule has 0 saturated heterocycles. The molecule has 0 unspecified atom stereocenters. The molecular formula is C18H27Br3OSi. The molecule has 0 aromatic heterocycles. The van der Waals surface area contributed by atoms with Gasteiger partial charge in [0.05, 0.1) is 6.10 Å². The van der Waals surface area contributed by atoms with E-state index in [0.29, 0.717) is 6.10 Å². The fourth-order valence-electron chi connectivity index (χ4n) is 3.33. The summed E-state index contributed by atoms with van der Waals surface area (Å²) in [5.74, 6) is 0.734. The van der Waals surface area contributed by atoms with Gasteiger partial charge in [0.2, 0.25) is 0 Å². The molecule has 0 aliphatic heterocycles. The first-order valence-corrected chi connectivity index (χ1v) is 17.7. The van der Waals surface area contributed by atoms with Gasteiger partial charge in [0.25, 0.3) is 3.93 Å². The van der Waals surface area contributed by atoms with Crippen LogP contribution in [-0.4, -0.2) is 16.6 Å². The van der Waals surface area contributed by atoms with Crippen LogP contribution in [0.5, 0.6) is 0 Å². The van der Waals surface area contributed by atoms with Crippen LogP contribution in [0.2, 0.25) is 6.04 Å². The van der Waals surface area contributed by atoms with Crippen molar-refractivity contribution in [1.82, 2.24) is 0 Å². The van der Waals surface area contributed by atoms with Gasteiger partial charge in [0, 0.05) is 6.61 Å². The van der Waals surface area contributed by atoms with E-state index in [0.717, 1.165) is 25.0 Å². The lowest BCUT2D eigenvalue weighted by atomic mass is 9.82. The lowest BCUT2D eigenvalue weighted by Crippen LogP contribution is -2.21. The average molecular weight is 527 g/mol. The Kier molecular flexibility index (Phi) is 8.85. The Balaban J connectivity index is 1.69. The lowest BCUT2D eigenvalue weighted by molar-refractivity contribution is 0.0251. The molecule has 1 nitrogen and oxygen atoms in total. The normalized spacial score (nSPS) is 22.3. The molecule has 0 radical (unpaired) electrons. The molecule has 1 aromatic rings. The number of rotatable bonds is 8. The van der Waals surface area contributed by atoms with E-state index in [1.807, 2.05) is 0 Å². The number of benzene rings is 1. The first-order valence-electron chi connectivity index (χ1n) is 8.75. The van der Waals surface area contributed by atoms with Gasteiger partial charge in [-0.1, -0.05) is 83.5 Å². The van der Waals surface area contributed by atoms with Gasteiger partial charge in [-0.3, -0.25) is 0 Å². The number of hydrogen-bond acceptors (Lipinski definition) is 1. The molecule has 1 saturated carbocycles. The maximum atomic E-state index is 6.07. The van der Waals surface area contributed by atoms with Gasteiger partial charge in [-0.25, -0.2) is 0 Å². The highest BCUT2D eigenvalue weighted by Crippen LogP contribution is 2.35. The molecule has 5 heteroatoms. The first-order chi connectivity index (χ1) is 11.0. The SMILES string of the molecule is CCCc1ccc([C@H]2CC[C@H](OCCC[Si](Br)(Br)Br)CC2)cc1. The first kappa shape index (κ1) is 20.2. The van der Waals surface area contributed by atoms with Crippen LogP contribution in [0.15, 0.2) is 24.3 Å². The molecule has 1 fully saturated rings. The van der Waals surface area contributed by atoms with Crippen LogP contribution in [0, 0.1) is 0 Å². The highest BCUT2D eigenvalue weighted by atomic mass is 80.0. The fraction of sp³-hybridized carbons (Fsp3) is 0.667. The van der Waals surface area contributed by atoms with Crippen molar-refractivity contribution in [3.63, 3.8) is 0 Å². The van der Waals surface area contributed by atoms with Crippen molar-refractivity contribution in [1.29, 1.82) is 0 Å². The molecule has 0 N–H and O–H groups in total. The Bertz CT molecular complexity index is 450. The summed E-state index contributed by atoms with van der Waals surface area (Å²) in [4.78, 5) is 0. The second-order valence-corrected chi connectivity index (χ2v) is 30.0. The van der Waals surface area contributed by atoms with Crippen LogP contribution in [0.1, 0.15) is 62.5 Å². The predicted molar refractivity (Wildman–Crippen MR) is 113 cm³/mol. The molecule has 0 bridgehead atoms. The molecule has 0 spiro atoms. The third-order valence-electron chi connectivity index (χ3n) is 4.62. The van der Waals surface area contributed by atoms with Gasteiger partial charge in [-0.05, 0) is 61.6 Å². The van der Waals surface area contributed by atoms with Crippen LogP contribution in [-0.2, 0) is 11.2 Å². The van der Waals surface area contributed by atoms with E-state index >= 15 is 0 Å². The topological polar surface area (TPSA) is 9.23 Å². The largest absolute Gasteiger partial charge is 0.378 e. The zero-order chi connectivity index (χ0) is 16.7. The summed E-state index contributed by atoms with van der Waals surface area (Å²) in [6.45, 7) is 3.13. The van der Waals surface area contributed by atoms with E-state index < -0.39 is 3.93 Å². The highest BCUT2D eigenvalue weighted by Gasteiger charge is 2.24. The molecule has 0 atom stereocenters. The number of ether oxygens (including phenoxy) is 1. The second-order valence-electron chi connectivity index (χ2n) is 6.55. The Labute approximate surface area is 165 Å². The maximum absolute atomic E-state index is 6.07. The average Bonchev–Trinajstić information content (AvgIpc) is 2.52. The maximum Gasteiger partial charge on any atom is 0.267 e. The highest BCUT2D eigenvalue weighted by molar-refractivity contribution is 9.72. The van der Waals surface area contributed by atoms with E-state index in [9.17, 15) is 0 Å². The van der Waals surface area contributed by atoms with Crippen molar-refractivity contribution in [2.45, 2.75) is 69.9 Å². The minimum Gasteiger partial charge on any atom is -0.378 e. The minimum atomic E-state index is -1.45. The summed E-state index contributed by atoms with van der Waals surface area (Å²) in [6, 6.07) is 10.5. The number of hydrogen-bond donors (Lipinski definition) is 0. The van der Waals surface area contributed by atoms with E-state index in [4.69, 9.17) is 4.74 Å². The number of aryl methyl sites for hydroxylation is 1. The summed E-state index contributed by atoms with van der Waals surface area (Å²) in [5, 5.41) is 0. The molecule has 1 aromatic carbocycles. The molecule has 0 heterocycles.